The van der Waals surface area contributed by atoms with E-state index in [0.29, 0.717) is 12.2 Å². The van der Waals surface area contributed by atoms with Crippen LogP contribution in [-0.2, 0) is 17.8 Å². The maximum Gasteiger partial charge on any atom is 0.308 e. The molecule has 21 heavy (non-hydrogen) atoms. The molecule has 0 unspecified atom stereocenters. The van der Waals surface area contributed by atoms with E-state index >= 15 is 0 Å². The zero-order chi connectivity index (χ0) is 15.6. The summed E-state index contributed by atoms with van der Waals surface area (Å²) in [5.74, 6) is -1.02. The molecule has 0 saturated carbocycles. The molecule has 0 atom stereocenters. The van der Waals surface area contributed by atoms with E-state index in [2.05, 4.69) is 5.10 Å². The molecule has 0 aliphatic heterocycles. The summed E-state index contributed by atoms with van der Waals surface area (Å²) in [7, 11) is 0. The van der Waals surface area contributed by atoms with E-state index in [4.69, 9.17) is 5.11 Å². The first-order valence-electron chi connectivity index (χ1n) is 6.82. The first kappa shape index (κ1) is 15.0. The number of nitrogens with zero attached hydrogens (tertiary/aromatic N) is 2. The molecule has 1 aromatic carbocycles. The number of aromatic nitrogens is 2. The van der Waals surface area contributed by atoms with Gasteiger partial charge < -0.3 is 5.11 Å². The molecule has 0 aliphatic rings. The number of carboxylic acid groups (broad SMARTS) is 1. The van der Waals surface area contributed by atoms with Gasteiger partial charge >= 0.3 is 5.97 Å². The van der Waals surface area contributed by atoms with Crippen molar-refractivity contribution in [3.8, 4) is 11.3 Å². The Morgan fingerprint density at radius 3 is 2.62 bits per heavy atom. The minimum absolute atomic E-state index is 0.259. The first-order valence-corrected chi connectivity index (χ1v) is 6.82. The Kier molecular flexibility index (Phi) is 4.21. The second-order valence-electron chi connectivity index (χ2n) is 5.06. The highest BCUT2D eigenvalue weighted by Crippen LogP contribution is 2.22. The number of aryl methyl sites for hydroxylation is 3. The van der Waals surface area contributed by atoms with Gasteiger partial charge in [0.1, 0.15) is 0 Å². The predicted molar refractivity (Wildman–Crippen MR) is 80.4 cm³/mol. The van der Waals surface area contributed by atoms with Crippen molar-refractivity contribution in [1.29, 1.82) is 0 Å². The summed E-state index contributed by atoms with van der Waals surface area (Å²) >= 11 is 0. The van der Waals surface area contributed by atoms with E-state index in [1.807, 2.05) is 39.0 Å². The van der Waals surface area contributed by atoms with Gasteiger partial charge in [-0.1, -0.05) is 17.7 Å². The van der Waals surface area contributed by atoms with E-state index in [1.165, 1.54) is 4.68 Å². The van der Waals surface area contributed by atoms with Gasteiger partial charge in [-0.3, -0.25) is 9.59 Å². The second-order valence-corrected chi connectivity index (χ2v) is 5.06. The third kappa shape index (κ3) is 3.18. The SMILES string of the molecule is CCn1nc(-c2cc(C)ccc2C)cc(CC(=O)O)c1=O. The minimum atomic E-state index is -1.02. The molecular formula is C16H18N2O3. The summed E-state index contributed by atoms with van der Waals surface area (Å²) < 4.78 is 1.31. The Morgan fingerprint density at radius 2 is 2.00 bits per heavy atom. The smallest absolute Gasteiger partial charge is 0.308 e. The fourth-order valence-electron chi connectivity index (χ4n) is 2.24. The van der Waals surface area contributed by atoms with Crippen LogP contribution in [0.4, 0.5) is 0 Å². The molecule has 0 aliphatic carbocycles. The number of benzene rings is 1. The lowest BCUT2D eigenvalue weighted by Crippen LogP contribution is -2.27. The molecule has 110 valence electrons. The van der Waals surface area contributed by atoms with Crippen molar-refractivity contribution in [2.24, 2.45) is 0 Å². The lowest BCUT2D eigenvalue weighted by atomic mass is 10.0. The Morgan fingerprint density at radius 1 is 1.29 bits per heavy atom. The molecule has 1 N–H and O–H groups in total. The van der Waals surface area contributed by atoms with E-state index < -0.39 is 5.97 Å². The molecule has 0 radical (unpaired) electrons. The molecule has 5 heteroatoms. The molecular weight excluding hydrogens is 268 g/mol. The van der Waals surface area contributed by atoms with Crippen LogP contribution >= 0.6 is 0 Å². The van der Waals surface area contributed by atoms with E-state index in [1.54, 1.807) is 6.07 Å². The van der Waals surface area contributed by atoms with Crippen molar-refractivity contribution in [2.45, 2.75) is 33.7 Å². The molecule has 1 aromatic heterocycles. The first-order chi connectivity index (χ1) is 9.92. The van der Waals surface area contributed by atoms with Crippen LogP contribution in [0.2, 0.25) is 0 Å². The average molecular weight is 286 g/mol. The Balaban J connectivity index is 2.66. The molecule has 2 rings (SSSR count). The number of hydrogen-bond donors (Lipinski definition) is 1. The molecule has 0 saturated heterocycles. The summed E-state index contributed by atoms with van der Waals surface area (Å²) in [6.45, 7) is 6.17. The van der Waals surface area contributed by atoms with Crippen LogP contribution in [0.5, 0.6) is 0 Å². The normalized spacial score (nSPS) is 10.6. The topological polar surface area (TPSA) is 72.2 Å². The van der Waals surface area contributed by atoms with E-state index in [9.17, 15) is 9.59 Å². The van der Waals surface area contributed by atoms with Crippen molar-refractivity contribution < 1.29 is 9.90 Å². The molecule has 0 fully saturated rings. The molecule has 0 amide bonds. The average Bonchev–Trinajstić information content (AvgIpc) is 2.43. The maximum atomic E-state index is 12.1. The maximum absolute atomic E-state index is 12.1. The minimum Gasteiger partial charge on any atom is -0.481 e. The molecule has 0 bridgehead atoms. The van der Waals surface area contributed by atoms with Crippen LogP contribution in [0.15, 0.2) is 29.1 Å². The highest BCUT2D eigenvalue weighted by molar-refractivity contribution is 5.71. The van der Waals surface area contributed by atoms with Crippen molar-refractivity contribution in [3.05, 3.63) is 51.3 Å². The Hall–Kier alpha value is -2.43. The number of carbonyl (C=O) groups is 1. The number of carboxylic acids is 1. The van der Waals surface area contributed by atoms with Gasteiger partial charge in [-0.25, -0.2) is 4.68 Å². The fourth-order valence-corrected chi connectivity index (χ4v) is 2.24. The quantitative estimate of drug-likeness (QED) is 0.935. The summed E-state index contributed by atoms with van der Waals surface area (Å²) in [5.41, 5.74) is 3.60. The van der Waals surface area contributed by atoms with E-state index in [-0.39, 0.29) is 17.5 Å². The van der Waals surface area contributed by atoms with Crippen molar-refractivity contribution in [3.63, 3.8) is 0 Å². The lowest BCUT2D eigenvalue weighted by molar-refractivity contribution is -0.136. The monoisotopic (exact) mass is 286 g/mol. The van der Waals surface area contributed by atoms with Gasteiger partial charge in [-0.05, 0) is 38.5 Å². The third-order valence-corrected chi connectivity index (χ3v) is 3.36. The Labute approximate surface area is 122 Å². The van der Waals surface area contributed by atoms with Crippen LogP contribution in [0.1, 0.15) is 23.6 Å². The summed E-state index contributed by atoms with van der Waals surface area (Å²) in [6.07, 6.45) is -0.292. The largest absolute Gasteiger partial charge is 0.481 e. The van der Waals surface area contributed by atoms with Crippen LogP contribution in [-0.4, -0.2) is 20.9 Å². The standard InChI is InChI=1S/C16H18N2O3/c1-4-18-16(21)12(9-15(19)20)8-14(17-18)13-7-10(2)5-6-11(13)3/h5-8H,4,9H2,1-3H3,(H,19,20). The zero-order valence-corrected chi connectivity index (χ0v) is 12.4. The molecule has 2 aromatic rings. The van der Waals surface area contributed by atoms with Gasteiger partial charge in [-0.15, -0.1) is 0 Å². The van der Waals surface area contributed by atoms with Crippen molar-refractivity contribution in [1.82, 2.24) is 9.78 Å². The predicted octanol–water partition coefficient (Wildman–Crippen LogP) is 2.17. The Bertz CT molecular complexity index is 748. The molecule has 5 nitrogen and oxygen atoms in total. The van der Waals surface area contributed by atoms with Gasteiger partial charge in [-0.2, -0.15) is 5.10 Å². The lowest BCUT2D eigenvalue weighted by Gasteiger charge is -2.11. The highest BCUT2D eigenvalue weighted by Gasteiger charge is 2.13. The highest BCUT2D eigenvalue weighted by atomic mass is 16.4. The van der Waals surface area contributed by atoms with Gasteiger partial charge in [0, 0.05) is 17.7 Å². The summed E-state index contributed by atoms with van der Waals surface area (Å²) in [4.78, 5) is 23.0. The van der Waals surface area contributed by atoms with Crippen LogP contribution in [0.25, 0.3) is 11.3 Å². The van der Waals surface area contributed by atoms with Crippen LogP contribution < -0.4 is 5.56 Å². The second kappa shape index (κ2) is 5.91. The van der Waals surface area contributed by atoms with E-state index in [0.717, 1.165) is 16.7 Å². The van der Waals surface area contributed by atoms with Crippen LogP contribution in [0, 0.1) is 13.8 Å². The van der Waals surface area contributed by atoms with Crippen LogP contribution in [0.3, 0.4) is 0 Å². The van der Waals surface area contributed by atoms with Crippen molar-refractivity contribution >= 4 is 5.97 Å². The number of rotatable bonds is 4. The third-order valence-electron chi connectivity index (χ3n) is 3.36. The van der Waals surface area contributed by atoms with Gasteiger partial charge in [0.2, 0.25) is 0 Å². The summed E-state index contributed by atoms with van der Waals surface area (Å²) in [6, 6.07) is 7.58. The molecule has 1 heterocycles. The van der Waals surface area contributed by atoms with Gasteiger partial charge in [0.15, 0.2) is 0 Å². The van der Waals surface area contributed by atoms with Gasteiger partial charge in [0.05, 0.1) is 12.1 Å². The zero-order valence-electron chi connectivity index (χ0n) is 12.4. The number of hydrogen-bond acceptors (Lipinski definition) is 3. The fraction of sp³-hybridized carbons (Fsp3) is 0.312. The molecule has 0 spiro atoms. The van der Waals surface area contributed by atoms with Gasteiger partial charge in [0.25, 0.3) is 5.56 Å². The summed E-state index contributed by atoms with van der Waals surface area (Å²) in [5, 5.41) is 13.3. The number of aliphatic carboxylic acids is 1. The van der Waals surface area contributed by atoms with Crippen molar-refractivity contribution in [2.75, 3.05) is 0 Å².